The van der Waals surface area contributed by atoms with Crippen molar-refractivity contribution < 1.29 is 49.2 Å². The van der Waals surface area contributed by atoms with Crippen LogP contribution in [0.1, 0.15) is 25.6 Å². The maximum atomic E-state index is 15.7. The first-order valence-electron chi connectivity index (χ1n) is 12.9. The van der Waals surface area contributed by atoms with Gasteiger partial charge in [0, 0.05) is 24.2 Å². The van der Waals surface area contributed by atoms with E-state index in [2.05, 4.69) is 20.8 Å². The van der Waals surface area contributed by atoms with Gasteiger partial charge in [-0.25, -0.2) is 13.8 Å². The maximum Gasteiger partial charge on any atom is 0.534 e. The van der Waals surface area contributed by atoms with E-state index in [1.807, 2.05) is 0 Å². The fraction of sp³-hybridized carbons (Fsp3) is 0.296. The summed E-state index contributed by atoms with van der Waals surface area (Å²) in [6.07, 6.45) is 0.101. The minimum Gasteiger partial charge on any atom is -0.490 e. The fourth-order valence-electron chi connectivity index (χ4n) is 4.78. The van der Waals surface area contributed by atoms with Crippen LogP contribution < -0.4 is 8.92 Å². The molecule has 3 aromatic heterocycles. The zero-order valence-electron chi connectivity index (χ0n) is 22.9. The Balaban J connectivity index is 1.81. The third kappa shape index (κ3) is 5.61. The number of thiophene rings is 1. The third-order valence-corrected chi connectivity index (χ3v) is 8.63. The van der Waals surface area contributed by atoms with Crippen molar-refractivity contribution in [1.82, 2.24) is 19.7 Å². The van der Waals surface area contributed by atoms with Gasteiger partial charge in [0.25, 0.3) is 0 Å². The van der Waals surface area contributed by atoms with E-state index in [1.54, 1.807) is 6.92 Å². The van der Waals surface area contributed by atoms with Crippen molar-refractivity contribution in [3.8, 4) is 34.1 Å². The van der Waals surface area contributed by atoms with Gasteiger partial charge in [-0.15, -0.1) is 11.3 Å². The lowest BCUT2D eigenvalue weighted by Gasteiger charge is -2.33. The summed E-state index contributed by atoms with van der Waals surface area (Å²) < 4.78 is 106. The Morgan fingerprint density at radius 1 is 1.25 bits per heavy atom. The van der Waals surface area contributed by atoms with Crippen LogP contribution in [-0.4, -0.2) is 63.9 Å². The molecule has 0 spiro atoms. The Kier molecular flexibility index (Phi) is 8.15. The summed E-state index contributed by atoms with van der Waals surface area (Å²) >= 11 is 0.894. The second-order valence-electron chi connectivity index (χ2n) is 9.80. The molecule has 1 N–H and O–H groups in total. The summed E-state index contributed by atoms with van der Waals surface area (Å²) in [5.41, 5.74) is -6.12. The summed E-state index contributed by atoms with van der Waals surface area (Å²) in [4.78, 5) is 18.0. The Bertz CT molecular complexity index is 1890. The van der Waals surface area contributed by atoms with Crippen LogP contribution in [0.3, 0.4) is 0 Å². The van der Waals surface area contributed by atoms with Crippen LogP contribution in [0.15, 0.2) is 42.3 Å². The molecular formula is C27H23F5N4O6S2. The van der Waals surface area contributed by atoms with Crippen molar-refractivity contribution >= 4 is 37.4 Å². The number of aliphatic hydroxyl groups is 1. The minimum atomic E-state index is -6.18. The molecule has 1 amide bonds. The Labute approximate surface area is 251 Å². The van der Waals surface area contributed by atoms with Crippen molar-refractivity contribution in [3.05, 3.63) is 59.6 Å². The molecule has 4 heterocycles. The van der Waals surface area contributed by atoms with Crippen LogP contribution in [-0.2, 0) is 21.5 Å². The van der Waals surface area contributed by atoms with Gasteiger partial charge in [-0.05, 0) is 37.4 Å². The molecule has 2 atom stereocenters. The Morgan fingerprint density at radius 3 is 2.64 bits per heavy atom. The molecule has 0 fully saturated rings. The van der Waals surface area contributed by atoms with Crippen molar-refractivity contribution in [2.45, 2.75) is 38.0 Å². The van der Waals surface area contributed by atoms with Crippen LogP contribution in [0.5, 0.6) is 11.6 Å². The number of carbonyl (C=O) groups excluding carboxylic acids is 1. The van der Waals surface area contributed by atoms with Gasteiger partial charge in [-0.1, -0.05) is 6.58 Å². The standard InChI is InChI=1S/C27H23F5N4O6S2/c1-4-21(38)35-6-7-36-19(14(35)3)11-18(34-36)24-23(22-17(29)9-15(28)10-20(22)41-12-13(2)37)25-16(5-8-43-25)26(33-24)42-44(39,40)27(30,31)32/h4-5,8-11,13-14,37H,1,6-7,12H2,2-3H3. The lowest BCUT2D eigenvalue weighted by atomic mass is 9.98. The first-order chi connectivity index (χ1) is 20.6. The molecular weight excluding hydrogens is 635 g/mol. The number of ether oxygens (including phenoxy) is 1. The zero-order valence-corrected chi connectivity index (χ0v) is 24.6. The molecule has 0 saturated carbocycles. The molecule has 44 heavy (non-hydrogen) atoms. The van der Waals surface area contributed by atoms with E-state index in [-0.39, 0.29) is 64.0 Å². The van der Waals surface area contributed by atoms with Crippen molar-refractivity contribution in [1.29, 1.82) is 0 Å². The monoisotopic (exact) mass is 658 g/mol. The highest BCUT2D eigenvalue weighted by atomic mass is 32.2. The molecule has 0 saturated heterocycles. The average molecular weight is 659 g/mol. The van der Waals surface area contributed by atoms with E-state index in [1.165, 1.54) is 34.0 Å². The number of alkyl halides is 3. The smallest absolute Gasteiger partial charge is 0.490 e. The predicted octanol–water partition coefficient (Wildman–Crippen LogP) is 5.18. The van der Waals surface area contributed by atoms with E-state index in [0.717, 1.165) is 23.5 Å². The average Bonchev–Trinajstić information content (AvgIpc) is 3.59. The summed E-state index contributed by atoms with van der Waals surface area (Å²) in [6, 6.07) is 3.59. The van der Waals surface area contributed by atoms with Gasteiger partial charge in [-0.2, -0.15) is 26.7 Å². The molecule has 0 aliphatic carbocycles. The molecule has 234 valence electrons. The van der Waals surface area contributed by atoms with Gasteiger partial charge < -0.3 is 18.9 Å². The van der Waals surface area contributed by atoms with Gasteiger partial charge in [0.05, 0.1) is 40.0 Å². The van der Waals surface area contributed by atoms with Crippen LogP contribution in [0.25, 0.3) is 32.6 Å². The van der Waals surface area contributed by atoms with E-state index in [9.17, 15) is 35.9 Å². The highest BCUT2D eigenvalue weighted by molar-refractivity contribution is 7.88. The molecule has 0 radical (unpaired) electrons. The second-order valence-corrected chi connectivity index (χ2v) is 12.3. The van der Waals surface area contributed by atoms with Gasteiger partial charge in [0.1, 0.15) is 35.4 Å². The molecule has 1 aliphatic heterocycles. The predicted molar refractivity (Wildman–Crippen MR) is 149 cm³/mol. The first kappa shape index (κ1) is 31.3. The molecule has 1 aliphatic rings. The van der Waals surface area contributed by atoms with Crippen molar-refractivity contribution in [2.75, 3.05) is 13.2 Å². The lowest BCUT2D eigenvalue weighted by Crippen LogP contribution is -2.40. The molecule has 1 aromatic carbocycles. The van der Waals surface area contributed by atoms with E-state index < -0.39 is 45.3 Å². The third-order valence-electron chi connectivity index (χ3n) is 6.75. The minimum absolute atomic E-state index is 0.0252. The highest BCUT2D eigenvalue weighted by Crippen LogP contribution is 2.48. The number of benzene rings is 1. The summed E-state index contributed by atoms with van der Waals surface area (Å²) in [5, 5.41) is 15.4. The quantitative estimate of drug-likeness (QED) is 0.119. The summed E-state index contributed by atoms with van der Waals surface area (Å²) in [7, 11) is -6.18. The first-order valence-corrected chi connectivity index (χ1v) is 15.1. The Hall–Kier alpha value is -4.09. The number of hydrogen-bond donors (Lipinski definition) is 1. The van der Waals surface area contributed by atoms with E-state index >= 15 is 4.39 Å². The Morgan fingerprint density at radius 2 is 1.98 bits per heavy atom. The molecule has 4 aromatic rings. The van der Waals surface area contributed by atoms with Crippen LogP contribution in [0.2, 0.25) is 0 Å². The van der Waals surface area contributed by atoms with Crippen LogP contribution in [0, 0.1) is 11.6 Å². The highest BCUT2D eigenvalue weighted by Gasteiger charge is 2.49. The molecule has 17 heteroatoms. The normalized spacial score (nSPS) is 16.1. The number of carbonyl (C=O) groups is 1. The number of aromatic nitrogens is 3. The number of amides is 1. The van der Waals surface area contributed by atoms with Gasteiger partial charge >= 0.3 is 15.6 Å². The number of fused-ring (bicyclic) bond motifs is 2. The summed E-state index contributed by atoms with van der Waals surface area (Å²) in [5.74, 6) is -3.82. The number of nitrogens with zero attached hydrogens (tertiary/aromatic N) is 4. The van der Waals surface area contributed by atoms with Gasteiger partial charge in [0.15, 0.2) is 0 Å². The van der Waals surface area contributed by atoms with Crippen LogP contribution in [0.4, 0.5) is 22.0 Å². The van der Waals surface area contributed by atoms with Gasteiger partial charge in [0.2, 0.25) is 11.8 Å². The molecule has 2 unspecified atom stereocenters. The zero-order chi connectivity index (χ0) is 32.1. The van der Waals surface area contributed by atoms with Crippen molar-refractivity contribution in [2.24, 2.45) is 0 Å². The number of pyridine rings is 1. The lowest BCUT2D eigenvalue weighted by molar-refractivity contribution is -0.129. The maximum absolute atomic E-state index is 15.7. The van der Waals surface area contributed by atoms with E-state index in [4.69, 9.17) is 4.74 Å². The second kappa shape index (κ2) is 11.4. The van der Waals surface area contributed by atoms with E-state index in [0.29, 0.717) is 11.8 Å². The van der Waals surface area contributed by atoms with Gasteiger partial charge in [-0.3, -0.25) is 9.48 Å². The fourth-order valence-corrected chi connectivity index (χ4v) is 6.15. The van der Waals surface area contributed by atoms with Crippen LogP contribution >= 0.6 is 11.3 Å². The molecule has 10 nitrogen and oxygen atoms in total. The summed E-state index contributed by atoms with van der Waals surface area (Å²) in [6.45, 7) is 6.66. The molecule has 0 bridgehead atoms. The number of aliphatic hydroxyl groups excluding tert-OH is 1. The number of rotatable bonds is 8. The molecule has 5 rings (SSSR count). The van der Waals surface area contributed by atoms with Crippen molar-refractivity contribution in [3.63, 3.8) is 0 Å². The number of halogens is 5. The number of hydrogen-bond acceptors (Lipinski definition) is 9. The topological polar surface area (TPSA) is 124 Å². The SMILES string of the molecule is C=CC(=O)N1CCn2nc(-c3nc(OS(=O)(=O)C(F)(F)F)c4ccsc4c3-c3c(F)cc(F)cc3OCC(C)O)cc2C1C. The largest absolute Gasteiger partial charge is 0.534 e.